The van der Waals surface area contributed by atoms with Gasteiger partial charge in [0.15, 0.2) is 0 Å². The summed E-state index contributed by atoms with van der Waals surface area (Å²) in [5.41, 5.74) is 0. The first-order valence-corrected chi connectivity index (χ1v) is 5.15. The Bertz CT molecular complexity index is 333. The van der Waals surface area contributed by atoms with E-state index in [0.717, 1.165) is 18.0 Å². The topological polar surface area (TPSA) is 64.4 Å². The molecular weight excluding hydrogens is 204 g/mol. The fraction of sp³-hybridized carbons (Fsp3) is 0.500. The van der Waals surface area contributed by atoms with Gasteiger partial charge in [0.1, 0.15) is 6.10 Å². The molecule has 0 aliphatic carbocycles. The fourth-order valence-electron chi connectivity index (χ4n) is 1.36. The standard InChI is InChI=1S/C8H10N2O3S/c11-10(12)8-2-1-7(14-8)6-5-9-3-4-13-6/h1-2,6,9H,3-5H2. The van der Waals surface area contributed by atoms with Crippen LogP contribution in [0.5, 0.6) is 0 Å². The Balaban J connectivity index is 2.11. The number of rotatable bonds is 2. The van der Waals surface area contributed by atoms with Crippen molar-refractivity contribution in [2.45, 2.75) is 6.10 Å². The number of hydrogen-bond acceptors (Lipinski definition) is 5. The van der Waals surface area contributed by atoms with Crippen LogP contribution >= 0.6 is 11.3 Å². The summed E-state index contributed by atoms with van der Waals surface area (Å²) < 4.78 is 5.48. The van der Waals surface area contributed by atoms with E-state index in [1.54, 1.807) is 6.07 Å². The average molecular weight is 214 g/mol. The van der Waals surface area contributed by atoms with Crippen molar-refractivity contribution in [2.75, 3.05) is 19.7 Å². The number of nitro groups is 1. The van der Waals surface area contributed by atoms with Crippen LogP contribution in [0.1, 0.15) is 11.0 Å². The smallest absolute Gasteiger partial charge is 0.324 e. The summed E-state index contributed by atoms with van der Waals surface area (Å²) >= 11 is 1.18. The van der Waals surface area contributed by atoms with Crippen LogP contribution in [-0.2, 0) is 4.74 Å². The minimum atomic E-state index is -0.371. The zero-order chi connectivity index (χ0) is 9.97. The molecule has 1 N–H and O–H groups in total. The van der Waals surface area contributed by atoms with Crippen molar-refractivity contribution in [3.8, 4) is 0 Å². The maximum absolute atomic E-state index is 10.5. The Morgan fingerprint density at radius 2 is 2.50 bits per heavy atom. The van der Waals surface area contributed by atoms with Gasteiger partial charge in [0.05, 0.1) is 11.5 Å². The monoisotopic (exact) mass is 214 g/mol. The lowest BCUT2D eigenvalue weighted by Crippen LogP contribution is -2.32. The van der Waals surface area contributed by atoms with Crippen LogP contribution in [-0.4, -0.2) is 24.6 Å². The van der Waals surface area contributed by atoms with Gasteiger partial charge in [0.2, 0.25) is 0 Å². The number of ether oxygens (including phenoxy) is 1. The number of morpholine rings is 1. The number of nitrogens with zero attached hydrogens (tertiary/aromatic N) is 1. The van der Waals surface area contributed by atoms with Gasteiger partial charge >= 0.3 is 5.00 Å². The third-order valence-electron chi connectivity index (χ3n) is 2.04. The lowest BCUT2D eigenvalue weighted by atomic mass is 10.2. The zero-order valence-corrected chi connectivity index (χ0v) is 8.25. The van der Waals surface area contributed by atoms with Gasteiger partial charge in [-0.25, -0.2) is 0 Å². The van der Waals surface area contributed by atoms with Crippen LogP contribution in [0, 0.1) is 10.1 Å². The Labute approximate surface area is 84.8 Å². The summed E-state index contributed by atoms with van der Waals surface area (Å²) in [6.45, 7) is 2.25. The van der Waals surface area contributed by atoms with Crippen molar-refractivity contribution in [3.63, 3.8) is 0 Å². The van der Waals surface area contributed by atoms with Crippen LogP contribution in [0.3, 0.4) is 0 Å². The zero-order valence-electron chi connectivity index (χ0n) is 7.43. The van der Waals surface area contributed by atoms with Crippen molar-refractivity contribution in [1.82, 2.24) is 5.32 Å². The van der Waals surface area contributed by atoms with Crippen molar-refractivity contribution < 1.29 is 9.66 Å². The number of hydrogen-bond donors (Lipinski definition) is 1. The fourth-order valence-corrected chi connectivity index (χ4v) is 2.23. The molecule has 1 unspecified atom stereocenters. The Kier molecular flexibility index (Phi) is 2.76. The lowest BCUT2D eigenvalue weighted by Gasteiger charge is -2.22. The summed E-state index contributed by atoms with van der Waals surface area (Å²) in [5, 5.41) is 13.8. The minimum absolute atomic E-state index is 0.0255. The Hall–Kier alpha value is -0.980. The Morgan fingerprint density at radius 3 is 3.07 bits per heavy atom. The van der Waals surface area contributed by atoms with Crippen LogP contribution < -0.4 is 5.32 Å². The van der Waals surface area contributed by atoms with E-state index < -0.39 is 0 Å². The Morgan fingerprint density at radius 1 is 1.64 bits per heavy atom. The summed E-state index contributed by atoms with van der Waals surface area (Å²) in [6, 6.07) is 3.29. The molecular formula is C8H10N2O3S. The maximum Gasteiger partial charge on any atom is 0.324 e. The van der Waals surface area contributed by atoms with E-state index in [9.17, 15) is 10.1 Å². The van der Waals surface area contributed by atoms with E-state index in [2.05, 4.69) is 5.32 Å². The second kappa shape index (κ2) is 4.04. The normalized spacial score (nSPS) is 22.1. The highest BCUT2D eigenvalue weighted by Crippen LogP contribution is 2.30. The summed E-state index contributed by atoms with van der Waals surface area (Å²) in [5.74, 6) is 0. The van der Waals surface area contributed by atoms with Crippen molar-refractivity contribution >= 4 is 16.3 Å². The highest BCUT2D eigenvalue weighted by atomic mass is 32.1. The van der Waals surface area contributed by atoms with Crippen molar-refractivity contribution in [3.05, 3.63) is 27.1 Å². The second-order valence-electron chi connectivity index (χ2n) is 3.00. The molecule has 0 radical (unpaired) electrons. The summed E-state index contributed by atoms with van der Waals surface area (Å²) in [6.07, 6.45) is -0.0255. The van der Waals surface area contributed by atoms with E-state index in [-0.39, 0.29) is 16.0 Å². The molecule has 1 aromatic heterocycles. The molecule has 6 heteroatoms. The third kappa shape index (κ3) is 1.92. The second-order valence-corrected chi connectivity index (χ2v) is 4.09. The van der Waals surface area contributed by atoms with E-state index in [1.165, 1.54) is 17.4 Å². The average Bonchev–Trinajstić information content (AvgIpc) is 2.68. The van der Waals surface area contributed by atoms with Crippen LogP contribution in [0.15, 0.2) is 12.1 Å². The van der Waals surface area contributed by atoms with Gasteiger partial charge in [-0.1, -0.05) is 11.3 Å². The van der Waals surface area contributed by atoms with Gasteiger partial charge in [-0.05, 0) is 6.07 Å². The predicted octanol–water partition coefficient (Wildman–Crippen LogP) is 1.32. The molecule has 5 nitrogen and oxygen atoms in total. The van der Waals surface area contributed by atoms with Gasteiger partial charge in [-0.2, -0.15) is 0 Å². The molecule has 1 aliphatic rings. The van der Waals surface area contributed by atoms with E-state index in [4.69, 9.17) is 4.74 Å². The molecule has 1 saturated heterocycles. The highest BCUT2D eigenvalue weighted by Gasteiger charge is 2.20. The molecule has 1 aliphatic heterocycles. The molecule has 0 saturated carbocycles. The van der Waals surface area contributed by atoms with Gasteiger partial charge < -0.3 is 10.1 Å². The third-order valence-corrected chi connectivity index (χ3v) is 3.17. The predicted molar refractivity (Wildman–Crippen MR) is 52.5 cm³/mol. The van der Waals surface area contributed by atoms with Gasteiger partial charge in [-0.3, -0.25) is 10.1 Å². The van der Waals surface area contributed by atoms with Crippen LogP contribution in [0.2, 0.25) is 0 Å². The number of thiophene rings is 1. The van der Waals surface area contributed by atoms with Crippen molar-refractivity contribution in [1.29, 1.82) is 0 Å². The molecule has 0 amide bonds. The van der Waals surface area contributed by atoms with E-state index >= 15 is 0 Å². The van der Waals surface area contributed by atoms with E-state index in [0.29, 0.717) is 6.61 Å². The van der Waals surface area contributed by atoms with E-state index in [1.807, 2.05) is 0 Å². The summed E-state index contributed by atoms with van der Waals surface area (Å²) in [4.78, 5) is 11.0. The van der Waals surface area contributed by atoms with Gasteiger partial charge in [-0.15, -0.1) is 0 Å². The SMILES string of the molecule is O=[N+]([O-])c1ccc(C2CNCCO2)s1. The molecule has 1 aromatic rings. The molecule has 76 valence electrons. The number of nitrogens with one attached hydrogen (secondary N) is 1. The maximum atomic E-state index is 10.5. The molecule has 1 atom stereocenters. The summed E-state index contributed by atoms with van der Waals surface area (Å²) in [7, 11) is 0. The molecule has 1 fully saturated rings. The molecule has 0 spiro atoms. The molecule has 2 heterocycles. The molecule has 14 heavy (non-hydrogen) atoms. The van der Waals surface area contributed by atoms with Gasteiger partial charge in [0, 0.05) is 24.0 Å². The van der Waals surface area contributed by atoms with Crippen LogP contribution in [0.4, 0.5) is 5.00 Å². The largest absolute Gasteiger partial charge is 0.370 e. The molecule has 2 rings (SSSR count). The quantitative estimate of drug-likeness (QED) is 0.595. The molecule has 0 aromatic carbocycles. The van der Waals surface area contributed by atoms with Crippen molar-refractivity contribution in [2.24, 2.45) is 0 Å². The first kappa shape index (κ1) is 9.57. The van der Waals surface area contributed by atoms with Crippen LogP contribution in [0.25, 0.3) is 0 Å². The highest BCUT2D eigenvalue weighted by molar-refractivity contribution is 7.15. The lowest BCUT2D eigenvalue weighted by molar-refractivity contribution is -0.380. The van der Waals surface area contributed by atoms with Gasteiger partial charge in [0.25, 0.3) is 0 Å². The first-order chi connectivity index (χ1) is 6.77. The first-order valence-electron chi connectivity index (χ1n) is 4.34. The minimum Gasteiger partial charge on any atom is -0.370 e. The molecule has 0 bridgehead atoms.